The molecule has 2 aromatic heterocycles. The molecule has 0 spiro atoms. The zero-order valence-corrected chi connectivity index (χ0v) is 10.5. The van der Waals surface area contributed by atoms with Crippen molar-refractivity contribution in [1.29, 1.82) is 0 Å². The van der Waals surface area contributed by atoms with E-state index in [-0.39, 0.29) is 6.61 Å². The van der Waals surface area contributed by atoms with Gasteiger partial charge in [0.2, 0.25) is 0 Å². The number of aromatic nitrogens is 1. The van der Waals surface area contributed by atoms with Crippen molar-refractivity contribution in [2.24, 2.45) is 0 Å². The summed E-state index contributed by atoms with van der Waals surface area (Å²) >= 11 is 0. The average Bonchev–Trinajstić information content (AvgIpc) is 2.76. The van der Waals surface area contributed by atoms with Gasteiger partial charge >= 0.3 is 0 Å². The van der Waals surface area contributed by atoms with Crippen LogP contribution in [0.4, 0.5) is 0 Å². The largest absolute Gasteiger partial charge is 0.465 e. The first kappa shape index (κ1) is 12.8. The van der Waals surface area contributed by atoms with Crippen LogP contribution in [0.2, 0.25) is 0 Å². The van der Waals surface area contributed by atoms with Crippen molar-refractivity contribution in [3.8, 4) is 0 Å². The monoisotopic (exact) mass is 246 g/mol. The van der Waals surface area contributed by atoms with Crippen LogP contribution in [0.5, 0.6) is 0 Å². The molecular weight excluding hydrogens is 228 g/mol. The molecule has 0 aromatic carbocycles. The second-order valence-electron chi connectivity index (χ2n) is 4.31. The Bertz CT molecular complexity index is 468. The predicted octanol–water partition coefficient (Wildman–Crippen LogP) is 1.98. The highest BCUT2D eigenvalue weighted by Crippen LogP contribution is 2.11. The second kappa shape index (κ2) is 6.33. The fourth-order valence-electron chi connectivity index (χ4n) is 1.90. The van der Waals surface area contributed by atoms with E-state index in [0.717, 1.165) is 23.6 Å². The molecule has 2 rings (SSSR count). The Kier molecular flexibility index (Phi) is 4.50. The Balaban J connectivity index is 1.99. The summed E-state index contributed by atoms with van der Waals surface area (Å²) in [6, 6.07) is 7.88. The maximum absolute atomic E-state index is 9.11. The highest BCUT2D eigenvalue weighted by Gasteiger charge is 2.09. The Morgan fingerprint density at radius 2 is 2.17 bits per heavy atom. The van der Waals surface area contributed by atoms with Gasteiger partial charge in [-0.3, -0.25) is 9.88 Å². The van der Waals surface area contributed by atoms with Gasteiger partial charge in [-0.15, -0.1) is 0 Å². The van der Waals surface area contributed by atoms with E-state index in [9.17, 15) is 0 Å². The second-order valence-corrected chi connectivity index (χ2v) is 4.31. The Labute approximate surface area is 107 Å². The molecule has 18 heavy (non-hydrogen) atoms. The molecule has 1 N–H and O–H groups in total. The van der Waals surface area contributed by atoms with Gasteiger partial charge in [-0.1, -0.05) is 6.07 Å². The van der Waals surface area contributed by atoms with E-state index >= 15 is 0 Å². The quantitative estimate of drug-likeness (QED) is 0.846. The standard InChI is InChI=1S/C14H18N2O2/c1-12-4-5-14(18-12)11-16(7-8-17)10-13-3-2-6-15-9-13/h2-6,9,17H,7-8,10-11H2,1H3. The maximum atomic E-state index is 9.11. The molecule has 0 bridgehead atoms. The van der Waals surface area contributed by atoms with Crippen molar-refractivity contribution in [3.63, 3.8) is 0 Å². The number of hydrogen-bond acceptors (Lipinski definition) is 4. The summed E-state index contributed by atoms with van der Waals surface area (Å²) in [5.41, 5.74) is 1.13. The number of furan rings is 1. The fourth-order valence-corrected chi connectivity index (χ4v) is 1.90. The van der Waals surface area contributed by atoms with Crippen molar-refractivity contribution in [2.45, 2.75) is 20.0 Å². The predicted molar refractivity (Wildman–Crippen MR) is 68.9 cm³/mol. The van der Waals surface area contributed by atoms with Crippen LogP contribution >= 0.6 is 0 Å². The van der Waals surface area contributed by atoms with Crippen molar-refractivity contribution in [2.75, 3.05) is 13.2 Å². The minimum atomic E-state index is 0.139. The number of aliphatic hydroxyl groups excluding tert-OH is 1. The molecule has 0 saturated heterocycles. The van der Waals surface area contributed by atoms with Crippen molar-refractivity contribution in [3.05, 3.63) is 53.7 Å². The van der Waals surface area contributed by atoms with Crippen LogP contribution in [-0.4, -0.2) is 28.1 Å². The van der Waals surface area contributed by atoms with E-state index in [1.807, 2.05) is 37.4 Å². The number of hydrogen-bond donors (Lipinski definition) is 1. The lowest BCUT2D eigenvalue weighted by molar-refractivity contribution is 0.174. The Morgan fingerprint density at radius 3 is 2.78 bits per heavy atom. The van der Waals surface area contributed by atoms with Crippen LogP contribution in [0, 0.1) is 6.92 Å². The van der Waals surface area contributed by atoms with Crippen LogP contribution in [0.25, 0.3) is 0 Å². The minimum Gasteiger partial charge on any atom is -0.465 e. The lowest BCUT2D eigenvalue weighted by atomic mass is 10.2. The Hall–Kier alpha value is -1.65. The van der Waals surface area contributed by atoms with Gasteiger partial charge in [0, 0.05) is 25.5 Å². The molecular formula is C14H18N2O2. The lowest BCUT2D eigenvalue weighted by Gasteiger charge is -2.19. The molecule has 4 nitrogen and oxygen atoms in total. The van der Waals surface area contributed by atoms with Gasteiger partial charge in [0.05, 0.1) is 13.2 Å². The fraction of sp³-hybridized carbons (Fsp3) is 0.357. The highest BCUT2D eigenvalue weighted by molar-refractivity contribution is 5.09. The average molecular weight is 246 g/mol. The smallest absolute Gasteiger partial charge is 0.118 e. The summed E-state index contributed by atoms with van der Waals surface area (Å²) in [6.07, 6.45) is 3.60. The van der Waals surface area contributed by atoms with E-state index in [1.165, 1.54) is 0 Å². The normalized spacial score (nSPS) is 11.1. The molecule has 0 atom stereocenters. The molecule has 0 aliphatic heterocycles. The van der Waals surface area contributed by atoms with E-state index in [1.54, 1.807) is 6.20 Å². The SMILES string of the molecule is Cc1ccc(CN(CCO)Cc2cccnc2)o1. The molecule has 0 unspecified atom stereocenters. The topological polar surface area (TPSA) is 49.5 Å². The maximum Gasteiger partial charge on any atom is 0.118 e. The van der Waals surface area contributed by atoms with E-state index in [2.05, 4.69) is 9.88 Å². The summed E-state index contributed by atoms with van der Waals surface area (Å²) in [7, 11) is 0. The van der Waals surface area contributed by atoms with Crippen molar-refractivity contribution >= 4 is 0 Å². The minimum absolute atomic E-state index is 0.139. The van der Waals surface area contributed by atoms with Crippen LogP contribution in [0.1, 0.15) is 17.1 Å². The van der Waals surface area contributed by atoms with Crippen molar-refractivity contribution < 1.29 is 9.52 Å². The third kappa shape index (κ3) is 3.68. The zero-order chi connectivity index (χ0) is 12.8. The number of rotatable bonds is 6. The van der Waals surface area contributed by atoms with Crippen LogP contribution in [0.3, 0.4) is 0 Å². The van der Waals surface area contributed by atoms with Gasteiger partial charge in [0.1, 0.15) is 11.5 Å². The molecule has 0 aliphatic carbocycles. The zero-order valence-electron chi connectivity index (χ0n) is 10.5. The first-order valence-electron chi connectivity index (χ1n) is 6.05. The van der Waals surface area contributed by atoms with Crippen molar-refractivity contribution in [1.82, 2.24) is 9.88 Å². The third-order valence-corrected chi connectivity index (χ3v) is 2.72. The van der Waals surface area contributed by atoms with E-state index < -0.39 is 0 Å². The molecule has 0 amide bonds. The Morgan fingerprint density at radius 1 is 1.28 bits per heavy atom. The van der Waals surface area contributed by atoms with Gasteiger partial charge in [-0.05, 0) is 30.7 Å². The first-order valence-corrected chi connectivity index (χ1v) is 6.05. The molecule has 0 aliphatic rings. The van der Waals surface area contributed by atoms with Crippen LogP contribution < -0.4 is 0 Å². The van der Waals surface area contributed by atoms with Gasteiger partial charge in [0.25, 0.3) is 0 Å². The summed E-state index contributed by atoms with van der Waals surface area (Å²) in [5.74, 6) is 1.83. The summed E-state index contributed by atoms with van der Waals surface area (Å²) < 4.78 is 5.56. The number of nitrogens with zero attached hydrogens (tertiary/aromatic N) is 2. The van der Waals surface area contributed by atoms with E-state index in [4.69, 9.17) is 9.52 Å². The van der Waals surface area contributed by atoms with Crippen LogP contribution in [-0.2, 0) is 13.1 Å². The summed E-state index contributed by atoms with van der Waals surface area (Å²) in [6.45, 7) is 4.15. The number of pyridine rings is 1. The molecule has 0 saturated carbocycles. The molecule has 2 heterocycles. The van der Waals surface area contributed by atoms with Gasteiger partial charge < -0.3 is 9.52 Å². The van der Waals surface area contributed by atoms with Crippen LogP contribution in [0.15, 0.2) is 41.1 Å². The summed E-state index contributed by atoms with van der Waals surface area (Å²) in [4.78, 5) is 6.23. The number of aryl methyl sites for hydroxylation is 1. The molecule has 0 fully saturated rings. The highest BCUT2D eigenvalue weighted by atomic mass is 16.3. The van der Waals surface area contributed by atoms with Gasteiger partial charge in [-0.2, -0.15) is 0 Å². The molecule has 2 aromatic rings. The third-order valence-electron chi connectivity index (χ3n) is 2.72. The van der Waals surface area contributed by atoms with Gasteiger partial charge in [-0.25, -0.2) is 0 Å². The number of aliphatic hydroxyl groups is 1. The molecule has 0 radical (unpaired) electrons. The van der Waals surface area contributed by atoms with E-state index in [0.29, 0.717) is 13.1 Å². The first-order chi connectivity index (χ1) is 8.78. The molecule has 96 valence electrons. The lowest BCUT2D eigenvalue weighted by Crippen LogP contribution is -2.25. The molecule has 4 heteroatoms. The summed E-state index contributed by atoms with van der Waals surface area (Å²) in [5, 5.41) is 9.11. The van der Waals surface area contributed by atoms with Gasteiger partial charge in [0.15, 0.2) is 0 Å².